The summed E-state index contributed by atoms with van der Waals surface area (Å²) in [6, 6.07) is -1.78. The van der Waals surface area contributed by atoms with Crippen LogP contribution >= 0.6 is 22.6 Å². The number of carboxylic acid groups (broad SMARTS) is 1. The van der Waals surface area contributed by atoms with E-state index in [0.29, 0.717) is 0 Å². The largest absolute Gasteiger partial charge is 0.475 e. The molecular formula is C12H18INO12S. The van der Waals surface area contributed by atoms with Gasteiger partial charge in [-0.2, -0.15) is 13.1 Å². The molecule has 2 heterocycles. The van der Waals surface area contributed by atoms with Crippen molar-refractivity contribution in [3.8, 4) is 0 Å². The normalized spacial score (nSPS) is 40.1. The molecule has 15 heteroatoms. The van der Waals surface area contributed by atoms with Gasteiger partial charge in [-0.3, -0.25) is 4.55 Å². The average Bonchev–Trinajstić information content (AvgIpc) is 2.56. The van der Waals surface area contributed by atoms with Gasteiger partial charge in [-0.1, -0.05) is 22.6 Å². The number of aliphatic hydroxyl groups excluding tert-OH is 4. The molecule has 0 radical (unpaired) electrons. The molecule has 1 unspecified atom stereocenters. The van der Waals surface area contributed by atoms with Crippen molar-refractivity contribution < 1.29 is 57.5 Å². The Morgan fingerprint density at radius 3 is 2.44 bits per heavy atom. The molecule has 0 aromatic heterocycles. The molecule has 8 atom stereocenters. The highest BCUT2D eigenvalue weighted by atomic mass is 127. The van der Waals surface area contributed by atoms with Gasteiger partial charge in [-0.05, 0) is 6.08 Å². The fourth-order valence-corrected chi connectivity index (χ4v) is 3.83. The van der Waals surface area contributed by atoms with Crippen LogP contribution in [0, 0.1) is 0 Å². The van der Waals surface area contributed by atoms with E-state index in [1.807, 2.05) is 0 Å². The number of aliphatic hydroxyl groups is 4. The number of hydrogen-bond donors (Lipinski definition) is 7. The van der Waals surface area contributed by atoms with Crippen LogP contribution in [-0.2, 0) is 29.3 Å². The van der Waals surface area contributed by atoms with Crippen molar-refractivity contribution in [2.75, 3.05) is 6.61 Å². The van der Waals surface area contributed by atoms with Gasteiger partial charge in [0.05, 0.1) is 10.5 Å². The number of alkyl halides is 1. The molecular weight excluding hydrogens is 509 g/mol. The minimum Gasteiger partial charge on any atom is -0.475 e. The zero-order chi connectivity index (χ0) is 20.5. The van der Waals surface area contributed by atoms with Gasteiger partial charge in [-0.15, -0.1) is 0 Å². The van der Waals surface area contributed by atoms with E-state index >= 15 is 0 Å². The van der Waals surface area contributed by atoms with Gasteiger partial charge in [0.2, 0.25) is 12.0 Å². The predicted octanol–water partition coefficient (Wildman–Crippen LogP) is -3.31. The second kappa shape index (κ2) is 8.80. The van der Waals surface area contributed by atoms with Crippen molar-refractivity contribution >= 4 is 38.9 Å². The van der Waals surface area contributed by atoms with Crippen LogP contribution in [0.2, 0.25) is 0 Å². The first kappa shape index (κ1) is 22.7. The fourth-order valence-electron chi connectivity index (χ4n) is 2.56. The standard InChI is InChI=1S/C12H18INO12S/c13-3-1-4(10(18)19)25-12(7(3)16)26-9-5(2-15)24-11(20)6(8(9)17)14-27(21,22)23/h1,3,5-9,11-12,14-17,20H,2H2,(H,18,19)(H,21,22,23)/t3-,5-,6-,7+,8-,9-,11?,12+/m1/s1. The number of nitrogens with one attached hydrogen (secondary N) is 1. The molecule has 27 heavy (non-hydrogen) atoms. The summed E-state index contributed by atoms with van der Waals surface area (Å²) >= 11 is 1.73. The zero-order valence-electron chi connectivity index (χ0n) is 13.3. The van der Waals surface area contributed by atoms with Gasteiger partial charge in [0.25, 0.3) is 0 Å². The highest BCUT2D eigenvalue weighted by molar-refractivity contribution is 14.1. The maximum atomic E-state index is 11.1. The maximum Gasteiger partial charge on any atom is 0.370 e. The van der Waals surface area contributed by atoms with Gasteiger partial charge in [0.15, 0.2) is 6.29 Å². The maximum absolute atomic E-state index is 11.1. The molecule has 0 amide bonds. The Balaban J connectivity index is 2.23. The van der Waals surface area contributed by atoms with Gasteiger partial charge < -0.3 is 39.7 Å². The van der Waals surface area contributed by atoms with Crippen LogP contribution in [0.15, 0.2) is 11.8 Å². The molecule has 2 rings (SSSR count). The molecule has 0 aliphatic carbocycles. The number of carboxylic acids is 1. The summed E-state index contributed by atoms with van der Waals surface area (Å²) in [5.74, 6) is -1.96. The second-order valence-corrected chi connectivity index (χ2v) is 8.34. The van der Waals surface area contributed by atoms with Crippen LogP contribution in [0.3, 0.4) is 0 Å². The van der Waals surface area contributed by atoms with Crippen molar-refractivity contribution in [3.05, 3.63) is 11.8 Å². The first-order valence-corrected chi connectivity index (χ1v) is 10.1. The van der Waals surface area contributed by atoms with Crippen LogP contribution in [0.5, 0.6) is 0 Å². The van der Waals surface area contributed by atoms with Crippen molar-refractivity contribution in [2.45, 2.75) is 47.0 Å². The van der Waals surface area contributed by atoms with E-state index in [4.69, 9.17) is 23.9 Å². The summed E-state index contributed by atoms with van der Waals surface area (Å²) in [5, 5.41) is 48.7. The third-order valence-corrected chi connectivity index (χ3v) is 5.48. The lowest BCUT2D eigenvalue weighted by molar-refractivity contribution is -0.300. The van der Waals surface area contributed by atoms with Crippen LogP contribution in [0.25, 0.3) is 0 Å². The SMILES string of the molecule is O=C(O)C1=C[C@@H](I)[C@H](O)[C@H](O[C@H]2[C@H](O)[C@@H](NS(=O)(=O)O)C(O)O[C@@H]2CO)O1. The molecule has 0 spiro atoms. The van der Waals surface area contributed by atoms with E-state index in [1.165, 1.54) is 0 Å². The summed E-state index contributed by atoms with van der Waals surface area (Å²) in [4.78, 5) is 11.1. The lowest BCUT2D eigenvalue weighted by Gasteiger charge is -2.44. The molecule has 1 fully saturated rings. The van der Waals surface area contributed by atoms with E-state index in [-0.39, 0.29) is 0 Å². The molecule has 156 valence electrons. The van der Waals surface area contributed by atoms with Crippen molar-refractivity contribution in [2.24, 2.45) is 0 Å². The van der Waals surface area contributed by atoms with Crippen molar-refractivity contribution in [3.63, 3.8) is 0 Å². The molecule has 0 aromatic rings. The van der Waals surface area contributed by atoms with Gasteiger partial charge in [-0.25, -0.2) is 4.79 Å². The number of carbonyl (C=O) groups is 1. The predicted molar refractivity (Wildman–Crippen MR) is 91.7 cm³/mol. The number of ether oxygens (including phenoxy) is 3. The van der Waals surface area contributed by atoms with Crippen LogP contribution in [0.1, 0.15) is 0 Å². The topological polar surface area (TPSA) is 212 Å². The molecule has 0 saturated carbocycles. The van der Waals surface area contributed by atoms with Gasteiger partial charge in [0.1, 0.15) is 30.5 Å². The molecule has 0 aromatic carbocycles. The summed E-state index contributed by atoms with van der Waals surface area (Å²) in [5.41, 5.74) is 0. The first-order chi connectivity index (χ1) is 12.4. The average molecular weight is 527 g/mol. The van der Waals surface area contributed by atoms with E-state index in [1.54, 1.807) is 27.3 Å². The Labute approximate surface area is 166 Å². The monoisotopic (exact) mass is 527 g/mol. The number of rotatable bonds is 6. The Morgan fingerprint density at radius 2 is 1.93 bits per heavy atom. The van der Waals surface area contributed by atoms with Crippen LogP contribution in [-0.4, -0.2) is 98.0 Å². The fraction of sp³-hybridized carbons (Fsp3) is 0.750. The smallest absolute Gasteiger partial charge is 0.370 e. The Morgan fingerprint density at radius 1 is 1.30 bits per heavy atom. The lowest BCUT2D eigenvalue weighted by Crippen LogP contribution is -2.65. The molecule has 7 N–H and O–H groups in total. The number of halogens is 1. The molecule has 0 bridgehead atoms. The van der Waals surface area contributed by atoms with E-state index in [2.05, 4.69) is 0 Å². The lowest BCUT2D eigenvalue weighted by atomic mass is 9.97. The van der Waals surface area contributed by atoms with Gasteiger partial charge in [0, 0.05) is 0 Å². The summed E-state index contributed by atoms with van der Waals surface area (Å²) < 4.78 is 47.0. The van der Waals surface area contributed by atoms with Crippen LogP contribution < -0.4 is 4.72 Å². The quantitative estimate of drug-likeness (QED) is 0.103. The highest BCUT2D eigenvalue weighted by Crippen LogP contribution is 2.30. The molecule has 2 aliphatic heterocycles. The van der Waals surface area contributed by atoms with Crippen molar-refractivity contribution in [1.29, 1.82) is 0 Å². The first-order valence-electron chi connectivity index (χ1n) is 7.41. The third-order valence-electron chi connectivity index (χ3n) is 3.82. The van der Waals surface area contributed by atoms with E-state index < -0.39 is 75.6 Å². The summed E-state index contributed by atoms with van der Waals surface area (Å²) in [6.45, 7) is -0.782. The molecule has 13 nitrogen and oxygen atoms in total. The van der Waals surface area contributed by atoms with Gasteiger partial charge >= 0.3 is 16.3 Å². The zero-order valence-corrected chi connectivity index (χ0v) is 16.3. The second-order valence-electron chi connectivity index (χ2n) is 5.71. The Kier molecular flexibility index (Phi) is 7.39. The highest BCUT2D eigenvalue weighted by Gasteiger charge is 2.49. The number of aliphatic carboxylic acids is 1. The van der Waals surface area contributed by atoms with Crippen LogP contribution in [0.4, 0.5) is 0 Å². The minimum absolute atomic E-state index is 0.524. The minimum atomic E-state index is -4.85. The molecule has 2 aliphatic rings. The Bertz CT molecular complexity index is 686. The van der Waals surface area contributed by atoms with Crippen molar-refractivity contribution in [1.82, 2.24) is 4.72 Å². The third kappa shape index (κ3) is 5.46. The van der Waals surface area contributed by atoms with E-state index in [0.717, 1.165) is 6.08 Å². The molecule has 1 saturated heterocycles. The summed E-state index contributed by atoms with van der Waals surface area (Å²) in [6.07, 6.45) is -8.59. The van der Waals surface area contributed by atoms with E-state index in [9.17, 15) is 33.6 Å². The number of hydrogen-bond acceptors (Lipinski definition) is 10. The Hall–Kier alpha value is -0.630. The summed E-state index contributed by atoms with van der Waals surface area (Å²) in [7, 11) is -4.85.